The first kappa shape index (κ1) is 16.0. The lowest BCUT2D eigenvalue weighted by Crippen LogP contribution is -2.38. The molecule has 0 atom stereocenters. The summed E-state index contributed by atoms with van der Waals surface area (Å²) in [6.07, 6.45) is 3.90. The standard InChI is InChI=1S/C15H33N/c1-13(2,3)9-10-15(7,8)11-12-16-14(4,5)6/h16H,9-12H2,1-8H3. The van der Waals surface area contributed by atoms with Gasteiger partial charge in [0, 0.05) is 5.54 Å². The Morgan fingerprint density at radius 3 is 1.56 bits per heavy atom. The molecule has 98 valence electrons. The zero-order valence-electron chi connectivity index (χ0n) is 12.8. The first-order valence-electron chi connectivity index (χ1n) is 6.66. The molecular weight excluding hydrogens is 194 g/mol. The molecule has 0 rings (SSSR count). The van der Waals surface area contributed by atoms with Crippen molar-refractivity contribution in [2.24, 2.45) is 10.8 Å². The van der Waals surface area contributed by atoms with Crippen LogP contribution in [-0.4, -0.2) is 12.1 Å². The van der Waals surface area contributed by atoms with Crippen LogP contribution in [-0.2, 0) is 0 Å². The van der Waals surface area contributed by atoms with Crippen LogP contribution in [0.25, 0.3) is 0 Å². The fourth-order valence-electron chi connectivity index (χ4n) is 1.61. The van der Waals surface area contributed by atoms with Crippen LogP contribution >= 0.6 is 0 Å². The molecule has 0 aliphatic heterocycles. The molecule has 0 amide bonds. The fraction of sp³-hybridized carbons (Fsp3) is 1.00. The molecule has 0 unspecified atom stereocenters. The molecule has 0 fully saturated rings. The van der Waals surface area contributed by atoms with Gasteiger partial charge in [-0.2, -0.15) is 0 Å². The van der Waals surface area contributed by atoms with Crippen molar-refractivity contribution in [1.82, 2.24) is 5.32 Å². The third-order valence-corrected chi connectivity index (χ3v) is 3.01. The summed E-state index contributed by atoms with van der Waals surface area (Å²) in [5.41, 5.74) is 1.18. The van der Waals surface area contributed by atoms with Crippen LogP contribution in [0.1, 0.15) is 74.7 Å². The molecule has 0 bridgehead atoms. The van der Waals surface area contributed by atoms with Crippen molar-refractivity contribution < 1.29 is 0 Å². The van der Waals surface area contributed by atoms with E-state index in [9.17, 15) is 0 Å². The molecule has 0 saturated heterocycles. The Hall–Kier alpha value is -0.0400. The summed E-state index contributed by atoms with van der Waals surface area (Å²) in [4.78, 5) is 0. The van der Waals surface area contributed by atoms with Gasteiger partial charge in [0.2, 0.25) is 0 Å². The molecule has 0 radical (unpaired) electrons. The van der Waals surface area contributed by atoms with Crippen molar-refractivity contribution in [2.75, 3.05) is 6.54 Å². The van der Waals surface area contributed by atoms with Gasteiger partial charge in [-0.3, -0.25) is 0 Å². The van der Waals surface area contributed by atoms with Crippen LogP contribution in [0, 0.1) is 10.8 Å². The minimum atomic E-state index is 0.250. The molecule has 0 saturated carbocycles. The highest BCUT2D eigenvalue weighted by atomic mass is 14.9. The molecule has 0 spiro atoms. The molecule has 1 heteroatoms. The first-order valence-corrected chi connectivity index (χ1v) is 6.66. The van der Waals surface area contributed by atoms with Gasteiger partial charge in [0.1, 0.15) is 0 Å². The van der Waals surface area contributed by atoms with Crippen molar-refractivity contribution in [2.45, 2.75) is 80.2 Å². The molecular formula is C15H33N. The Morgan fingerprint density at radius 1 is 0.688 bits per heavy atom. The van der Waals surface area contributed by atoms with Gasteiger partial charge in [0.15, 0.2) is 0 Å². The van der Waals surface area contributed by atoms with E-state index in [1.807, 2.05) is 0 Å². The Bertz CT molecular complexity index is 190. The second-order valence-corrected chi connectivity index (χ2v) is 8.15. The minimum Gasteiger partial charge on any atom is -0.312 e. The molecule has 1 N–H and O–H groups in total. The Kier molecular flexibility index (Phi) is 5.52. The van der Waals surface area contributed by atoms with Gasteiger partial charge in [0.05, 0.1) is 0 Å². The highest BCUT2D eigenvalue weighted by Gasteiger charge is 2.21. The van der Waals surface area contributed by atoms with Crippen LogP contribution in [0.3, 0.4) is 0 Å². The maximum absolute atomic E-state index is 3.58. The molecule has 0 heterocycles. The van der Waals surface area contributed by atoms with E-state index in [0.29, 0.717) is 10.8 Å². The van der Waals surface area contributed by atoms with Crippen molar-refractivity contribution in [3.8, 4) is 0 Å². The van der Waals surface area contributed by atoms with E-state index in [-0.39, 0.29) is 5.54 Å². The third kappa shape index (κ3) is 10.5. The van der Waals surface area contributed by atoms with Gasteiger partial charge in [-0.05, 0) is 57.4 Å². The normalized spacial score (nSPS) is 14.2. The van der Waals surface area contributed by atoms with E-state index >= 15 is 0 Å². The van der Waals surface area contributed by atoms with E-state index in [1.54, 1.807) is 0 Å². The molecule has 1 nitrogen and oxygen atoms in total. The number of rotatable bonds is 5. The summed E-state index contributed by atoms with van der Waals surface area (Å²) < 4.78 is 0. The van der Waals surface area contributed by atoms with E-state index in [2.05, 4.69) is 60.7 Å². The van der Waals surface area contributed by atoms with Crippen molar-refractivity contribution in [1.29, 1.82) is 0 Å². The highest BCUT2D eigenvalue weighted by Crippen LogP contribution is 2.32. The number of hydrogen-bond acceptors (Lipinski definition) is 1. The van der Waals surface area contributed by atoms with E-state index in [4.69, 9.17) is 0 Å². The van der Waals surface area contributed by atoms with Gasteiger partial charge in [-0.25, -0.2) is 0 Å². The van der Waals surface area contributed by atoms with Gasteiger partial charge in [-0.15, -0.1) is 0 Å². The number of nitrogens with one attached hydrogen (secondary N) is 1. The lowest BCUT2D eigenvalue weighted by molar-refractivity contribution is 0.232. The Morgan fingerprint density at radius 2 is 1.19 bits per heavy atom. The lowest BCUT2D eigenvalue weighted by atomic mass is 9.78. The molecule has 0 aliphatic carbocycles. The summed E-state index contributed by atoms with van der Waals surface area (Å²) in [5.74, 6) is 0. The van der Waals surface area contributed by atoms with Crippen LogP contribution < -0.4 is 5.32 Å². The Balaban J connectivity index is 3.88. The zero-order chi connectivity index (χ0) is 13.0. The fourth-order valence-corrected chi connectivity index (χ4v) is 1.61. The largest absolute Gasteiger partial charge is 0.312 e. The summed E-state index contributed by atoms with van der Waals surface area (Å²) in [7, 11) is 0. The average molecular weight is 227 g/mol. The maximum Gasteiger partial charge on any atom is 0.00965 e. The van der Waals surface area contributed by atoms with Gasteiger partial charge in [-0.1, -0.05) is 34.6 Å². The third-order valence-electron chi connectivity index (χ3n) is 3.01. The van der Waals surface area contributed by atoms with E-state index in [0.717, 1.165) is 6.54 Å². The molecule has 0 aromatic heterocycles. The predicted octanol–water partition coefficient (Wildman–Crippen LogP) is 4.62. The first-order chi connectivity index (χ1) is 6.91. The molecule has 0 aromatic carbocycles. The monoisotopic (exact) mass is 227 g/mol. The molecule has 16 heavy (non-hydrogen) atoms. The van der Waals surface area contributed by atoms with Crippen molar-refractivity contribution in [3.05, 3.63) is 0 Å². The van der Waals surface area contributed by atoms with Gasteiger partial charge in [0.25, 0.3) is 0 Å². The van der Waals surface area contributed by atoms with Crippen LogP contribution in [0.15, 0.2) is 0 Å². The second kappa shape index (κ2) is 5.53. The van der Waals surface area contributed by atoms with Crippen molar-refractivity contribution >= 4 is 0 Å². The van der Waals surface area contributed by atoms with E-state index in [1.165, 1.54) is 19.3 Å². The summed E-state index contributed by atoms with van der Waals surface area (Å²) in [5, 5.41) is 3.58. The van der Waals surface area contributed by atoms with Crippen LogP contribution in [0.2, 0.25) is 0 Å². The zero-order valence-corrected chi connectivity index (χ0v) is 12.8. The average Bonchev–Trinajstić information content (AvgIpc) is 1.97. The topological polar surface area (TPSA) is 12.0 Å². The highest BCUT2D eigenvalue weighted by molar-refractivity contribution is 4.76. The number of hydrogen-bond donors (Lipinski definition) is 1. The smallest absolute Gasteiger partial charge is 0.00965 e. The quantitative estimate of drug-likeness (QED) is 0.723. The van der Waals surface area contributed by atoms with Crippen LogP contribution in [0.5, 0.6) is 0 Å². The van der Waals surface area contributed by atoms with Crippen molar-refractivity contribution in [3.63, 3.8) is 0 Å². The molecule has 0 aromatic rings. The van der Waals surface area contributed by atoms with Gasteiger partial charge < -0.3 is 5.32 Å². The van der Waals surface area contributed by atoms with Gasteiger partial charge >= 0.3 is 0 Å². The van der Waals surface area contributed by atoms with E-state index < -0.39 is 0 Å². The summed E-state index contributed by atoms with van der Waals surface area (Å²) in [6.45, 7) is 19.6. The predicted molar refractivity (Wildman–Crippen MR) is 74.8 cm³/mol. The minimum absolute atomic E-state index is 0.250. The maximum atomic E-state index is 3.58. The summed E-state index contributed by atoms with van der Waals surface area (Å²) in [6, 6.07) is 0. The summed E-state index contributed by atoms with van der Waals surface area (Å²) >= 11 is 0. The molecule has 0 aliphatic rings. The Labute approximate surface area is 103 Å². The lowest BCUT2D eigenvalue weighted by Gasteiger charge is -2.30. The SMILES string of the molecule is CC(C)(C)CCC(C)(C)CCNC(C)(C)C. The van der Waals surface area contributed by atoms with Crippen LogP contribution in [0.4, 0.5) is 0 Å². The second-order valence-electron chi connectivity index (χ2n) is 8.15.